The van der Waals surface area contributed by atoms with E-state index in [1.165, 1.54) is 22.4 Å². The first-order chi connectivity index (χ1) is 24.8. The number of nitrogens with zero attached hydrogens (tertiary/aromatic N) is 3. The Hall–Kier alpha value is -4.38. The monoisotopic (exact) mass is 885 g/mol. The number of benzene rings is 4. The van der Waals surface area contributed by atoms with Crippen molar-refractivity contribution in [2.24, 2.45) is 10.8 Å². The Morgan fingerprint density at radius 3 is 2.02 bits per heavy atom. The zero-order valence-corrected chi connectivity index (χ0v) is 35.1. The number of aromatic nitrogens is 3. The van der Waals surface area contributed by atoms with Gasteiger partial charge in [-0.3, -0.25) is 9.78 Å². The third-order valence-electron chi connectivity index (χ3n) is 11.2. The van der Waals surface area contributed by atoms with Gasteiger partial charge < -0.3 is 9.67 Å². The van der Waals surface area contributed by atoms with E-state index < -0.39 is 0 Å². The fourth-order valence-electron chi connectivity index (χ4n) is 6.44. The van der Waals surface area contributed by atoms with Crippen LogP contribution in [0, 0.1) is 16.9 Å². The van der Waals surface area contributed by atoms with Gasteiger partial charge in [0.1, 0.15) is 12.1 Å². The van der Waals surface area contributed by atoms with Gasteiger partial charge in [-0.05, 0) is 66.8 Å². The van der Waals surface area contributed by atoms with E-state index in [0.29, 0.717) is 0 Å². The molecule has 2 heterocycles. The quantitative estimate of drug-likeness (QED) is 0.0845. The maximum absolute atomic E-state index is 12.2. The molecule has 2 aromatic heterocycles. The maximum Gasteiger partial charge on any atom is 0.164 e. The molecule has 1 radical (unpaired) electrons. The molecule has 6 rings (SSSR count). The van der Waals surface area contributed by atoms with Crippen LogP contribution in [0.15, 0.2) is 115 Å². The topological polar surface area (TPSA) is 68.0 Å². The van der Waals surface area contributed by atoms with Gasteiger partial charge in [0.25, 0.3) is 0 Å². The van der Waals surface area contributed by atoms with Crippen LogP contribution in [0.2, 0.25) is 0 Å². The van der Waals surface area contributed by atoms with Crippen molar-refractivity contribution < 1.29 is 30.0 Å². The van der Waals surface area contributed by atoms with Crippen molar-refractivity contribution in [1.29, 1.82) is 0 Å². The molecule has 0 aliphatic carbocycles. The van der Waals surface area contributed by atoms with E-state index in [4.69, 9.17) is 0 Å². The maximum atomic E-state index is 12.2. The molecule has 0 spiro atoms. The van der Waals surface area contributed by atoms with Crippen molar-refractivity contribution in [2.45, 2.75) is 93.4 Å². The molecule has 0 saturated carbocycles. The predicted molar refractivity (Wildman–Crippen MR) is 218 cm³/mol. The number of carbonyl (C=O) groups excluding carboxylic acids is 1. The van der Waals surface area contributed by atoms with Gasteiger partial charge in [-0.25, -0.2) is 4.98 Å². The van der Waals surface area contributed by atoms with Gasteiger partial charge in [-0.1, -0.05) is 122 Å². The van der Waals surface area contributed by atoms with E-state index in [9.17, 15) is 9.90 Å². The summed E-state index contributed by atoms with van der Waals surface area (Å²) in [5.41, 5.74) is 6.83. The minimum absolute atomic E-state index is 0. The van der Waals surface area contributed by atoms with Crippen molar-refractivity contribution >= 4 is 27.5 Å². The van der Waals surface area contributed by atoms with E-state index in [1.54, 1.807) is 6.33 Å². The smallest absolute Gasteiger partial charge is 0.164 e. The van der Waals surface area contributed by atoms with Crippen LogP contribution in [0.5, 0.6) is 0 Å². The van der Waals surface area contributed by atoms with Crippen molar-refractivity contribution in [3.8, 4) is 28.2 Å². The van der Waals surface area contributed by atoms with Gasteiger partial charge in [0.2, 0.25) is 0 Å². The first kappa shape index (κ1) is 41.4. The second-order valence-corrected chi connectivity index (χ2v) is 15.4. The summed E-state index contributed by atoms with van der Waals surface area (Å²) in [5.74, 6) is 0.286. The van der Waals surface area contributed by atoms with E-state index in [-0.39, 0.29) is 47.9 Å². The summed E-state index contributed by atoms with van der Waals surface area (Å²) >= 11 is 0. The molecule has 1 N–H and O–H groups in total. The number of hydrogen-bond donors (Lipinski definition) is 1. The summed E-state index contributed by atoms with van der Waals surface area (Å²) in [6, 6.07) is 35.4. The van der Waals surface area contributed by atoms with Crippen molar-refractivity contribution in [3.05, 3.63) is 127 Å². The molecule has 4 aromatic carbocycles. The molecule has 0 unspecified atom stereocenters. The predicted octanol–water partition coefficient (Wildman–Crippen LogP) is 12.7. The molecule has 5 nitrogen and oxygen atoms in total. The van der Waals surface area contributed by atoms with Crippen LogP contribution in [-0.4, -0.2) is 25.4 Å². The molecule has 6 heteroatoms. The number of carbonyl (C=O) groups is 1. The van der Waals surface area contributed by atoms with Gasteiger partial charge in [0.05, 0.1) is 11.2 Å². The summed E-state index contributed by atoms with van der Waals surface area (Å²) in [7, 11) is 0. The average Bonchev–Trinajstić information content (AvgIpc) is 3.60. The third-order valence-corrected chi connectivity index (χ3v) is 11.2. The molecule has 0 atom stereocenters. The molecular formula is C47H54IrN3O2-. The number of rotatable bonds is 10. The standard InChI is InChI=1S/C32H26N3.C15H28O2.Ir/c1-32(2,3)28-18-25(17-23-9-7-8-12-27(23)28)30-20-29(33-21-34-30)24-14-13-22-15-16-35(31(22)19-24)26-10-5-4-6-11-26;1-7-14(5,8-2)12(16)11-13(17)15(6,9-3)10-4;/h4-16,18-21H,1-3H3;11,16H,7-10H2,1-6H3;/q-1;;/b;12-11-;. The zero-order chi connectivity index (χ0) is 37.7. The molecule has 0 saturated heterocycles. The molecule has 279 valence electrons. The van der Waals surface area contributed by atoms with Crippen molar-refractivity contribution in [1.82, 2.24) is 14.5 Å². The minimum Gasteiger partial charge on any atom is -0.512 e. The van der Waals surface area contributed by atoms with Crippen molar-refractivity contribution in [2.75, 3.05) is 0 Å². The number of para-hydroxylation sites is 1. The molecule has 0 amide bonds. The Labute approximate surface area is 330 Å². The second-order valence-electron chi connectivity index (χ2n) is 15.4. The molecule has 53 heavy (non-hydrogen) atoms. The Morgan fingerprint density at radius 2 is 1.38 bits per heavy atom. The van der Waals surface area contributed by atoms with Gasteiger partial charge >= 0.3 is 0 Å². The van der Waals surface area contributed by atoms with Crippen LogP contribution >= 0.6 is 0 Å². The number of fused-ring (bicyclic) bond motifs is 2. The molecule has 6 aromatic rings. The SMILES string of the molecule is CC(C)(C)c1cc(-c2cc(-c3ccc4ccn(-c5ccccc5)c4c3)ncn2)[c-]c2ccccc12.CCC(C)(CC)C(=O)/C=C(\O)C(C)(CC)CC.[Ir]. The van der Waals surface area contributed by atoms with Crippen LogP contribution in [0.1, 0.15) is 93.6 Å². The summed E-state index contributed by atoms with van der Waals surface area (Å²) < 4.78 is 2.22. The Morgan fingerprint density at radius 1 is 0.755 bits per heavy atom. The summed E-state index contributed by atoms with van der Waals surface area (Å²) in [6.45, 7) is 18.8. The van der Waals surface area contributed by atoms with Crippen LogP contribution in [0.4, 0.5) is 0 Å². The average molecular weight is 885 g/mol. The summed E-state index contributed by atoms with van der Waals surface area (Å²) in [5, 5.41) is 13.7. The second kappa shape index (κ2) is 17.2. The number of ketones is 1. The molecule has 0 aliphatic heterocycles. The number of hydrogen-bond acceptors (Lipinski definition) is 4. The van der Waals surface area contributed by atoms with Crippen LogP contribution < -0.4 is 0 Å². The fourth-order valence-corrected chi connectivity index (χ4v) is 6.44. The zero-order valence-electron chi connectivity index (χ0n) is 32.8. The van der Waals surface area contributed by atoms with Crippen LogP contribution in [0.25, 0.3) is 49.9 Å². The third kappa shape index (κ3) is 9.05. The van der Waals surface area contributed by atoms with Crippen molar-refractivity contribution in [3.63, 3.8) is 0 Å². The number of aliphatic hydroxyl groups is 1. The van der Waals surface area contributed by atoms with Gasteiger partial charge in [-0.15, -0.1) is 29.1 Å². The number of allylic oxidation sites excluding steroid dienone is 2. The van der Waals surface area contributed by atoms with Gasteiger partial charge in [0, 0.05) is 60.2 Å². The van der Waals surface area contributed by atoms with Crippen LogP contribution in [-0.2, 0) is 30.3 Å². The molecular weight excluding hydrogens is 831 g/mol. The van der Waals surface area contributed by atoms with Crippen LogP contribution in [0.3, 0.4) is 0 Å². The number of aliphatic hydroxyl groups excluding tert-OH is 1. The Bertz CT molecular complexity index is 2190. The summed E-state index contributed by atoms with van der Waals surface area (Å²) in [4.78, 5) is 21.4. The van der Waals surface area contributed by atoms with Gasteiger partial charge in [-0.2, -0.15) is 0 Å². The van der Waals surface area contributed by atoms with Gasteiger partial charge in [0.15, 0.2) is 5.78 Å². The Kier molecular flexibility index (Phi) is 13.4. The fraction of sp³-hybridized carbons (Fsp3) is 0.340. The first-order valence-corrected chi connectivity index (χ1v) is 18.7. The van der Waals surface area contributed by atoms with E-state index in [2.05, 4.69) is 132 Å². The molecule has 0 bridgehead atoms. The van der Waals surface area contributed by atoms with E-state index >= 15 is 0 Å². The largest absolute Gasteiger partial charge is 0.512 e. The summed E-state index contributed by atoms with van der Waals surface area (Å²) in [6.07, 6.45) is 8.53. The van der Waals surface area contributed by atoms with E-state index in [1.807, 2.05) is 47.6 Å². The minimum atomic E-state index is -0.337. The normalized spacial score (nSPS) is 12.3. The molecule has 0 fully saturated rings. The Balaban J connectivity index is 0.000000299. The van der Waals surface area contributed by atoms with E-state index in [0.717, 1.165) is 64.8 Å². The molecule has 0 aliphatic rings. The first-order valence-electron chi connectivity index (χ1n) is 18.7.